The number of H-pyrrole nitrogens is 1. The molecule has 98 valence electrons. The Hall–Kier alpha value is -2.14. The van der Waals surface area contributed by atoms with E-state index in [0.717, 1.165) is 33.8 Å². The van der Waals surface area contributed by atoms with E-state index in [0.29, 0.717) is 13.0 Å². The van der Waals surface area contributed by atoms with Crippen LogP contribution in [-0.2, 0) is 17.8 Å². The SMILES string of the molecule is Cc1[nH]nc(CN)c1-c1ccc2c(c1)CC(=O)N2C. The highest BCUT2D eigenvalue weighted by molar-refractivity contribution is 6.01. The molecule has 1 amide bonds. The highest BCUT2D eigenvalue weighted by Crippen LogP contribution is 2.33. The molecule has 1 aliphatic rings. The summed E-state index contributed by atoms with van der Waals surface area (Å²) >= 11 is 0. The van der Waals surface area contributed by atoms with Gasteiger partial charge in [0.1, 0.15) is 0 Å². The van der Waals surface area contributed by atoms with E-state index in [-0.39, 0.29) is 5.91 Å². The maximum atomic E-state index is 11.7. The normalized spacial score (nSPS) is 14.1. The molecule has 0 fully saturated rings. The summed E-state index contributed by atoms with van der Waals surface area (Å²) in [5.41, 5.74) is 11.7. The number of benzene rings is 1. The van der Waals surface area contributed by atoms with Gasteiger partial charge in [-0.25, -0.2) is 0 Å². The van der Waals surface area contributed by atoms with Gasteiger partial charge < -0.3 is 10.6 Å². The van der Waals surface area contributed by atoms with E-state index in [9.17, 15) is 4.79 Å². The lowest BCUT2D eigenvalue weighted by atomic mass is 10.00. The number of nitrogens with two attached hydrogens (primary N) is 1. The summed E-state index contributed by atoms with van der Waals surface area (Å²) in [6.07, 6.45) is 0.467. The van der Waals surface area contributed by atoms with Crippen LogP contribution in [0, 0.1) is 6.92 Å². The molecule has 19 heavy (non-hydrogen) atoms. The second-order valence-corrected chi connectivity index (χ2v) is 4.85. The third kappa shape index (κ3) is 1.74. The molecule has 0 spiro atoms. The van der Waals surface area contributed by atoms with E-state index >= 15 is 0 Å². The maximum Gasteiger partial charge on any atom is 0.231 e. The van der Waals surface area contributed by atoms with Crippen LogP contribution in [0.25, 0.3) is 11.1 Å². The lowest BCUT2D eigenvalue weighted by molar-refractivity contribution is -0.117. The van der Waals surface area contributed by atoms with Crippen LogP contribution >= 0.6 is 0 Å². The Labute approximate surface area is 111 Å². The number of rotatable bonds is 2. The van der Waals surface area contributed by atoms with Crippen LogP contribution in [0.1, 0.15) is 17.0 Å². The van der Waals surface area contributed by atoms with Crippen LogP contribution < -0.4 is 10.6 Å². The predicted octanol–water partition coefficient (Wildman–Crippen LogP) is 1.36. The minimum atomic E-state index is 0.134. The van der Waals surface area contributed by atoms with E-state index < -0.39 is 0 Å². The lowest BCUT2D eigenvalue weighted by Gasteiger charge is -2.11. The molecule has 0 unspecified atom stereocenters. The smallest absolute Gasteiger partial charge is 0.231 e. The van der Waals surface area contributed by atoms with Gasteiger partial charge in [-0.1, -0.05) is 6.07 Å². The molecule has 0 saturated carbocycles. The van der Waals surface area contributed by atoms with Gasteiger partial charge in [0.15, 0.2) is 0 Å². The molecule has 0 atom stereocenters. The average Bonchev–Trinajstić information content (AvgIpc) is 2.90. The number of aromatic nitrogens is 2. The van der Waals surface area contributed by atoms with Crippen molar-refractivity contribution >= 4 is 11.6 Å². The van der Waals surface area contributed by atoms with Crippen molar-refractivity contribution in [3.63, 3.8) is 0 Å². The summed E-state index contributed by atoms with van der Waals surface area (Å²) in [5, 5.41) is 7.17. The second kappa shape index (κ2) is 4.20. The fraction of sp³-hybridized carbons (Fsp3) is 0.286. The van der Waals surface area contributed by atoms with Crippen molar-refractivity contribution in [1.82, 2.24) is 10.2 Å². The summed E-state index contributed by atoms with van der Waals surface area (Å²) in [4.78, 5) is 13.4. The minimum Gasteiger partial charge on any atom is -0.325 e. The number of likely N-dealkylation sites (N-methyl/N-ethyl adjacent to an activating group) is 1. The van der Waals surface area contributed by atoms with Crippen LogP contribution in [0.2, 0.25) is 0 Å². The fourth-order valence-electron chi connectivity index (χ4n) is 2.64. The Morgan fingerprint density at radius 2 is 2.26 bits per heavy atom. The first kappa shape index (κ1) is 11.9. The zero-order valence-corrected chi connectivity index (χ0v) is 11.0. The van der Waals surface area contributed by atoms with Crippen molar-refractivity contribution in [2.24, 2.45) is 5.73 Å². The van der Waals surface area contributed by atoms with Gasteiger partial charge in [0, 0.05) is 30.5 Å². The van der Waals surface area contributed by atoms with Gasteiger partial charge in [0.25, 0.3) is 0 Å². The number of carbonyl (C=O) groups is 1. The van der Waals surface area contributed by atoms with Crippen molar-refractivity contribution in [2.75, 3.05) is 11.9 Å². The molecule has 1 aliphatic heterocycles. The number of nitrogens with zero attached hydrogens (tertiary/aromatic N) is 2. The van der Waals surface area contributed by atoms with Crippen LogP contribution in [0.5, 0.6) is 0 Å². The zero-order valence-electron chi connectivity index (χ0n) is 11.0. The van der Waals surface area contributed by atoms with Gasteiger partial charge >= 0.3 is 0 Å². The highest BCUT2D eigenvalue weighted by Gasteiger charge is 2.24. The molecule has 3 rings (SSSR count). The quantitative estimate of drug-likeness (QED) is 0.852. The molecule has 0 radical (unpaired) electrons. The minimum absolute atomic E-state index is 0.134. The molecule has 2 aromatic rings. The molecule has 1 aromatic heterocycles. The van der Waals surface area contributed by atoms with Crippen molar-refractivity contribution < 1.29 is 4.79 Å². The predicted molar refractivity (Wildman–Crippen MR) is 73.8 cm³/mol. The number of anilines is 1. The first-order chi connectivity index (χ1) is 9.11. The van der Waals surface area contributed by atoms with Gasteiger partial charge in [-0.15, -0.1) is 0 Å². The molecule has 0 saturated heterocycles. The second-order valence-electron chi connectivity index (χ2n) is 4.85. The monoisotopic (exact) mass is 256 g/mol. The third-order valence-electron chi connectivity index (χ3n) is 3.66. The topological polar surface area (TPSA) is 75.0 Å². The summed E-state index contributed by atoms with van der Waals surface area (Å²) in [6.45, 7) is 2.38. The largest absolute Gasteiger partial charge is 0.325 e. The van der Waals surface area contributed by atoms with E-state index in [2.05, 4.69) is 16.3 Å². The Balaban J connectivity index is 2.11. The van der Waals surface area contributed by atoms with Crippen LogP contribution in [0.15, 0.2) is 18.2 Å². The molecule has 0 aliphatic carbocycles. The number of amides is 1. The maximum absolute atomic E-state index is 11.7. The summed E-state index contributed by atoms with van der Waals surface area (Å²) in [7, 11) is 1.81. The fourth-order valence-corrected chi connectivity index (χ4v) is 2.64. The molecule has 1 aromatic carbocycles. The number of carbonyl (C=O) groups excluding carboxylic acids is 1. The first-order valence-electron chi connectivity index (χ1n) is 6.25. The number of fused-ring (bicyclic) bond motifs is 1. The van der Waals surface area contributed by atoms with E-state index in [1.807, 2.05) is 26.1 Å². The van der Waals surface area contributed by atoms with Crippen molar-refractivity contribution in [2.45, 2.75) is 19.9 Å². The van der Waals surface area contributed by atoms with E-state index in [1.54, 1.807) is 4.90 Å². The van der Waals surface area contributed by atoms with Gasteiger partial charge in [-0.3, -0.25) is 9.89 Å². The Kier molecular flexibility index (Phi) is 2.64. The zero-order chi connectivity index (χ0) is 13.6. The molecule has 5 nitrogen and oxygen atoms in total. The van der Waals surface area contributed by atoms with E-state index in [4.69, 9.17) is 5.73 Å². The number of hydrogen-bond acceptors (Lipinski definition) is 3. The lowest BCUT2D eigenvalue weighted by Crippen LogP contribution is -2.20. The van der Waals surface area contributed by atoms with Gasteiger partial charge in [0.05, 0.1) is 12.1 Å². The Morgan fingerprint density at radius 1 is 1.47 bits per heavy atom. The molecular weight excluding hydrogens is 240 g/mol. The molecule has 5 heteroatoms. The third-order valence-corrected chi connectivity index (χ3v) is 3.66. The molecular formula is C14H16N4O. The molecule has 2 heterocycles. The standard InChI is InChI=1S/C14H16N4O/c1-8-14(11(7-15)17-16-8)9-3-4-12-10(5-9)6-13(19)18(12)2/h3-5H,6-7,15H2,1-2H3,(H,16,17). The summed E-state index contributed by atoms with van der Waals surface area (Å²) in [5.74, 6) is 0.134. The van der Waals surface area contributed by atoms with Crippen LogP contribution in [0.3, 0.4) is 0 Å². The van der Waals surface area contributed by atoms with Crippen LogP contribution in [0.4, 0.5) is 5.69 Å². The number of hydrogen-bond donors (Lipinski definition) is 2. The van der Waals surface area contributed by atoms with Gasteiger partial charge in [-0.2, -0.15) is 5.10 Å². The van der Waals surface area contributed by atoms with Crippen molar-refractivity contribution in [3.05, 3.63) is 35.2 Å². The van der Waals surface area contributed by atoms with E-state index in [1.165, 1.54) is 0 Å². The summed E-state index contributed by atoms with van der Waals surface area (Å²) in [6, 6.07) is 6.07. The van der Waals surface area contributed by atoms with Gasteiger partial charge in [0.2, 0.25) is 5.91 Å². The molecule has 3 N–H and O–H groups in total. The molecule has 0 bridgehead atoms. The Morgan fingerprint density at radius 3 is 3.00 bits per heavy atom. The first-order valence-corrected chi connectivity index (χ1v) is 6.25. The highest BCUT2D eigenvalue weighted by atomic mass is 16.2. The summed E-state index contributed by atoms with van der Waals surface area (Å²) < 4.78 is 0. The number of aromatic amines is 1. The van der Waals surface area contributed by atoms with Crippen molar-refractivity contribution in [3.8, 4) is 11.1 Å². The van der Waals surface area contributed by atoms with Crippen LogP contribution in [-0.4, -0.2) is 23.2 Å². The number of aryl methyl sites for hydroxylation is 1. The number of nitrogens with one attached hydrogen (secondary N) is 1. The van der Waals surface area contributed by atoms with Gasteiger partial charge in [-0.05, 0) is 30.2 Å². The average molecular weight is 256 g/mol. The Bertz CT molecular complexity index is 659. The van der Waals surface area contributed by atoms with Crippen molar-refractivity contribution in [1.29, 1.82) is 0 Å².